The van der Waals surface area contributed by atoms with E-state index in [-0.39, 0.29) is 18.9 Å². The standard InChI is InChI=1S/C3H8.Li/c1-3-2;/h3H2,1-2H3;. The van der Waals surface area contributed by atoms with Crippen LogP contribution in [0.2, 0.25) is 0 Å². The molecular weight excluding hydrogens is 43.0 g/mol. The van der Waals surface area contributed by atoms with Gasteiger partial charge in [0.15, 0.2) is 0 Å². The molecule has 0 atom stereocenters. The van der Waals surface area contributed by atoms with Crippen LogP contribution < -0.4 is 0 Å². The van der Waals surface area contributed by atoms with Crippen molar-refractivity contribution in [1.29, 1.82) is 0 Å². The van der Waals surface area contributed by atoms with Gasteiger partial charge < -0.3 is 0 Å². The summed E-state index contributed by atoms with van der Waals surface area (Å²) in [4.78, 5) is 0. The molecule has 0 aliphatic rings. The van der Waals surface area contributed by atoms with Gasteiger partial charge in [-0.2, -0.15) is 0 Å². The monoisotopic (exact) mass is 51.1 g/mol. The van der Waals surface area contributed by atoms with Gasteiger partial charge in [-0.25, -0.2) is 0 Å². The van der Waals surface area contributed by atoms with Crippen molar-refractivity contribution in [2.45, 2.75) is 20.3 Å². The molecule has 0 aliphatic heterocycles. The molecule has 0 nitrogen and oxygen atoms in total. The average molecular weight is 51.0 g/mol. The molecule has 0 saturated carbocycles. The summed E-state index contributed by atoms with van der Waals surface area (Å²) in [6, 6.07) is 0. The van der Waals surface area contributed by atoms with Gasteiger partial charge in [-0.3, -0.25) is 0 Å². The Morgan fingerprint density at radius 3 is 1.25 bits per heavy atom. The SMILES string of the molecule is CCC.[Li]. The van der Waals surface area contributed by atoms with E-state index in [1.165, 1.54) is 6.42 Å². The zero-order chi connectivity index (χ0) is 2.71. The molecule has 4 heavy (non-hydrogen) atoms. The predicted molar refractivity (Wildman–Crippen MR) is 21.7 cm³/mol. The molecule has 0 saturated heterocycles. The van der Waals surface area contributed by atoms with Gasteiger partial charge in [0, 0.05) is 18.9 Å². The smallest absolute Gasteiger partial charge is 0 e. The molecule has 0 spiro atoms. The summed E-state index contributed by atoms with van der Waals surface area (Å²) in [5.41, 5.74) is 0. The van der Waals surface area contributed by atoms with Crippen LogP contribution in [0.1, 0.15) is 20.3 Å². The molecule has 0 aromatic rings. The van der Waals surface area contributed by atoms with Crippen molar-refractivity contribution >= 4 is 18.9 Å². The predicted octanol–water partition coefficient (Wildman–Crippen LogP) is 1.04. The van der Waals surface area contributed by atoms with Gasteiger partial charge in [-0.15, -0.1) is 0 Å². The Morgan fingerprint density at radius 2 is 1.25 bits per heavy atom. The molecule has 1 heteroatoms. The molecule has 0 aromatic carbocycles. The fourth-order valence-corrected chi connectivity index (χ4v) is 0. The van der Waals surface area contributed by atoms with Crippen LogP contribution in [0.4, 0.5) is 0 Å². The molecule has 0 aliphatic carbocycles. The Bertz CT molecular complexity index is 3.25. The Kier molecular flexibility index (Phi) is 21.0. The van der Waals surface area contributed by atoms with Gasteiger partial charge in [0.25, 0.3) is 0 Å². The molecule has 21 valence electrons. The van der Waals surface area contributed by atoms with Crippen LogP contribution in [0.3, 0.4) is 0 Å². The first kappa shape index (κ1) is 8.82. The zero-order valence-electron chi connectivity index (χ0n) is 3.71. The van der Waals surface area contributed by atoms with E-state index in [1.807, 2.05) is 0 Å². The van der Waals surface area contributed by atoms with E-state index in [4.69, 9.17) is 0 Å². The van der Waals surface area contributed by atoms with E-state index < -0.39 is 0 Å². The first-order valence-corrected chi connectivity index (χ1v) is 1.41. The third-order valence-electron chi connectivity index (χ3n) is 0. The van der Waals surface area contributed by atoms with Gasteiger partial charge >= 0.3 is 0 Å². The number of hydrogen-bond acceptors (Lipinski definition) is 0. The second-order valence-electron chi connectivity index (χ2n) is 0.707. The van der Waals surface area contributed by atoms with Gasteiger partial charge in [-0.05, 0) is 0 Å². The van der Waals surface area contributed by atoms with Crippen molar-refractivity contribution in [2.24, 2.45) is 0 Å². The summed E-state index contributed by atoms with van der Waals surface area (Å²) in [7, 11) is 0. The second-order valence-corrected chi connectivity index (χ2v) is 0.707. The van der Waals surface area contributed by atoms with Crippen LogP contribution in [-0.2, 0) is 0 Å². The average Bonchev–Trinajstić information content (AvgIpc) is 0.918. The van der Waals surface area contributed by atoms with Crippen molar-refractivity contribution in [3.63, 3.8) is 0 Å². The topological polar surface area (TPSA) is 0 Å². The maximum absolute atomic E-state index is 2.12. The number of hydrogen-bond donors (Lipinski definition) is 0. The summed E-state index contributed by atoms with van der Waals surface area (Å²) in [6.07, 6.45) is 1.25. The van der Waals surface area contributed by atoms with E-state index >= 15 is 0 Å². The minimum Gasteiger partial charge on any atom is -0.0656 e. The van der Waals surface area contributed by atoms with Crippen LogP contribution in [0, 0.1) is 0 Å². The van der Waals surface area contributed by atoms with E-state index in [2.05, 4.69) is 13.8 Å². The molecule has 0 aromatic heterocycles. The molecule has 0 amide bonds. The Morgan fingerprint density at radius 1 is 1.25 bits per heavy atom. The van der Waals surface area contributed by atoms with Crippen LogP contribution in [0.5, 0.6) is 0 Å². The third kappa shape index (κ3) is 18.6. The Labute approximate surface area is 39.8 Å². The van der Waals surface area contributed by atoms with Crippen LogP contribution in [0.25, 0.3) is 0 Å². The summed E-state index contributed by atoms with van der Waals surface area (Å²) in [5, 5.41) is 0. The largest absolute Gasteiger partial charge is 0.0656 e. The second kappa shape index (κ2) is 9.51. The summed E-state index contributed by atoms with van der Waals surface area (Å²) >= 11 is 0. The van der Waals surface area contributed by atoms with E-state index in [0.29, 0.717) is 0 Å². The van der Waals surface area contributed by atoms with Gasteiger partial charge in [-0.1, -0.05) is 20.3 Å². The van der Waals surface area contributed by atoms with Crippen LogP contribution in [0.15, 0.2) is 0 Å². The maximum atomic E-state index is 2.12. The van der Waals surface area contributed by atoms with Crippen molar-refractivity contribution < 1.29 is 0 Å². The molecule has 0 rings (SSSR count). The number of rotatable bonds is 0. The van der Waals surface area contributed by atoms with Crippen molar-refractivity contribution in [2.75, 3.05) is 0 Å². The summed E-state index contributed by atoms with van der Waals surface area (Å²) < 4.78 is 0. The molecule has 0 heterocycles. The van der Waals surface area contributed by atoms with Crippen LogP contribution in [-0.4, -0.2) is 18.9 Å². The van der Waals surface area contributed by atoms with Crippen molar-refractivity contribution in [3.05, 3.63) is 0 Å². The van der Waals surface area contributed by atoms with Gasteiger partial charge in [0.2, 0.25) is 0 Å². The summed E-state index contributed by atoms with van der Waals surface area (Å²) in [6.45, 7) is 4.25. The fraction of sp³-hybridized carbons (Fsp3) is 1.00. The molecule has 0 bridgehead atoms. The van der Waals surface area contributed by atoms with Crippen molar-refractivity contribution in [1.82, 2.24) is 0 Å². The van der Waals surface area contributed by atoms with Crippen LogP contribution >= 0.6 is 0 Å². The summed E-state index contributed by atoms with van der Waals surface area (Å²) in [5.74, 6) is 0. The van der Waals surface area contributed by atoms with Gasteiger partial charge in [0.1, 0.15) is 0 Å². The Hall–Kier alpha value is 0.597. The van der Waals surface area contributed by atoms with Gasteiger partial charge in [0.05, 0.1) is 0 Å². The molecule has 1 radical (unpaired) electrons. The normalized spacial score (nSPS) is 4.50. The maximum Gasteiger partial charge on any atom is 0 e. The van der Waals surface area contributed by atoms with Crippen molar-refractivity contribution in [3.8, 4) is 0 Å². The molecular formula is C3H8Li. The molecule has 0 unspecified atom stereocenters. The first-order chi connectivity index (χ1) is 1.41. The zero-order valence-corrected chi connectivity index (χ0v) is 3.71. The molecule has 0 fully saturated rings. The first-order valence-electron chi connectivity index (χ1n) is 1.41. The molecule has 0 N–H and O–H groups in total. The Balaban J connectivity index is 0. The van der Waals surface area contributed by atoms with E-state index in [0.717, 1.165) is 0 Å². The minimum absolute atomic E-state index is 0. The third-order valence-corrected chi connectivity index (χ3v) is 0. The minimum atomic E-state index is 0. The quantitative estimate of drug-likeness (QED) is 0.360. The van der Waals surface area contributed by atoms with E-state index in [1.54, 1.807) is 0 Å². The fourth-order valence-electron chi connectivity index (χ4n) is 0. The van der Waals surface area contributed by atoms with E-state index in [9.17, 15) is 0 Å².